The van der Waals surface area contributed by atoms with Crippen molar-refractivity contribution in [2.24, 2.45) is 0 Å². The van der Waals surface area contributed by atoms with Gasteiger partial charge in [-0.25, -0.2) is 19.2 Å². The Hall–Kier alpha value is -4.44. The quantitative estimate of drug-likeness (QED) is 0.496. The van der Waals surface area contributed by atoms with Crippen molar-refractivity contribution in [3.8, 4) is 5.75 Å². The number of nitrogens with zero attached hydrogens (tertiary/aromatic N) is 4. The number of hydrogen-bond donors (Lipinski definition) is 2. The van der Waals surface area contributed by atoms with E-state index in [4.69, 9.17) is 0 Å². The van der Waals surface area contributed by atoms with Crippen molar-refractivity contribution in [1.82, 2.24) is 25.1 Å². The van der Waals surface area contributed by atoms with Crippen molar-refractivity contribution in [2.75, 3.05) is 20.1 Å². The van der Waals surface area contributed by atoms with Gasteiger partial charge in [-0.15, -0.1) is 0 Å². The van der Waals surface area contributed by atoms with Gasteiger partial charge in [-0.3, -0.25) is 9.59 Å². The molecule has 3 aromatic rings. The van der Waals surface area contributed by atoms with Gasteiger partial charge in [0.15, 0.2) is 0 Å². The molecule has 208 valence electrons. The Bertz CT molecular complexity index is 1370. The summed E-state index contributed by atoms with van der Waals surface area (Å²) in [5.74, 6) is -0.798. The second-order valence-electron chi connectivity index (χ2n) is 10.2. The normalized spacial score (nSPS) is 20.3. The van der Waals surface area contributed by atoms with Crippen molar-refractivity contribution in [3.63, 3.8) is 0 Å². The minimum absolute atomic E-state index is 0.0673. The van der Waals surface area contributed by atoms with E-state index >= 15 is 0 Å². The molecule has 1 unspecified atom stereocenters. The van der Waals surface area contributed by atoms with E-state index in [1.807, 2.05) is 37.3 Å². The Morgan fingerprint density at radius 3 is 2.35 bits per heavy atom. The summed E-state index contributed by atoms with van der Waals surface area (Å²) in [5, 5.41) is 15.8. The first kappa shape index (κ1) is 27.1. The Kier molecular flexibility index (Phi) is 7.70. The van der Waals surface area contributed by atoms with E-state index < -0.39 is 18.2 Å². The number of fused-ring (bicyclic) bond motifs is 1. The van der Waals surface area contributed by atoms with E-state index in [1.165, 1.54) is 34.2 Å². The Labute approximate surface area is 232 Å². The molecule has 2 fully saturated rings. The minimum atomic E-state index is -0.878. The molecule has 40 heavy (non-hydrogen) atoms. The van der Waals surface area contributed by atoms with Crippen LogP contribution in [-0.2, 0) is 22.6 Å². The van der Waals surface area contributed by atoms with Crippen LogP contribution >= 0.6 is 0 Å². The maximum absolute atomic E-state index is 14.0. The van der Waals surface area contributed by atoms with Crippen LogP contribution in [0, 0.1) is 5.82 Å². The van der Waals surface area contributed by atoms with Crippen molar-refractivity contribution >= 4 is 17.8 Å². The highest BCUT2D eigenvalue weighted by atomic mass is 19.1. The second-order valence-corrected chi connectivity index (χ2v) is 10.2. The van der Waals surface area contributed by atoms with Gasteiger partial charge in [-0.05, 0) is 47.9 Å². The summed E-state index contributed by atoms with van der Waals surface area (Å²) in [6.45, 7) is 2.17. The van der Waals surface area contributed by atoms with Crippen LogP contribution in [0.25, 0.3) is 0 Å². The summed E-state index contributed by atoms with van der Waals surface area (Å²) >= 11 is 0. The summed E-state index contributed by atoms with van der Waals surface area (Å²) in [7, 11) is 1.68. The zero-order valence-corrected chi connectivity index (χ0v) is 22.4. The number of hydrazine groups is 1. The van der Waals surface area contributed by atoms with Gasteiger partial charge in [0.05, 0.1) is 19.1 Å². The smallest absolute Gasteiger partial charge is 0.334 e. The Balaban J connectivity index is 1.48. The highest BCUT2D eigenvalue weighted by Gasteiger charge is 2.51. The van der Waals surface area contributed by atoms with Crippen LogP contribution in [0.3, 0.4) is 0 Å². The Morgan fingerprint density at radius 2 is 1.68 bits per heavy atom. The summed E-state index contributed by atoms with van der Waals surface area (Å²) in [6, 6.07) is 20.3. The molecule has 0 spiro atoms. The van der Waals surface area contributed by atoms with E-state index in [2.05, 4.69) is 5.32 Å². The van der Waals surface area contributed by atoms with Gasteiger partial charge >= 0.3 is 6.03 Å². The van der Waals surface area contributed by atoms with Crippen molar-refractivity contribution in [2.45, 2.75) is 38.1 Å². The molecule has 2 heterocycles. The molecule has 0 aromatic heterocycles. The largest absolute Gasteiger partial charge is 0.508 e. The molecular weight excluding hydrogens is 513 g/mol. The lowest BCUT2D eigenvalue weighted by molar-refractivity contribution is -0.189. The van der Waals surface area contributed by atoms with Gasteiger partial charge in [0, 0.05) is 20.0 Å². The number of nitrogens with one attached hydrogen (secondary N) is 1. The molecular formula is C30H32FN5O4. The van der Waals surface area contributed by atoms with Crippen molar-refractivity contribution in [3.05, 3.63) is 101 Å². The monoisotopic (exact) mass is 545 g/mol. The fourth-order valence-electron chi connectivity index (χ4n) is 5.44. The number of piperazine rings is 1. The molecule has 2 saturated heterocycles. The van der Waals surface area contributed by atoms with E-state index in [1.54, 1.807) is 41.2 Å². The molecule has 0 aliphatic carbocycles. The first-order chi connectivity index (χ1) is 19.2. The van der Waals surface area contributed by atoms with Crippen molar-refractivity contribution in [1.29, 1.82) is 0 Å². The van der Waals surface area contributed by atoms with E-state index in [-0.39, 0.29) is 48.9 Å². The number of carbonyl (C=O) groups excluding carboxylic acids is 3. The third kappa shape index (κ3) is 5.48. The molecule has 0 bridgehead atoms. The number of rotatable bonds is 6. The van der Waals surface area contributed by atoms with Crippen LogP contribution in [0.4, 0.5) is 9.18 Å². The minimum Gasteiger partial charge on any atom is -0.508 e. The number of phenols is 1. The number of aromatic hydroxyl groups is 1. The molecule has 3 aromatic carbocycles. The maximum atomic E-state index is 14.0. The fourth-order valence-corrected chi connectivity index (χ4v) is 5.44. The molecule has 2 aliphatic heterocycles. The molecule has 0 saturated carbocycles. The zero-order valence-electron chi connectivity index (χ0n) is 22.4. The first-order valence-corrected chi connectivity index (χ1v) is 13.2. The lowest BCUT2D eigenvalue weighted by atomic mass is 9.96. The van der Waals surface area contributed by atoms with Crippen LogP contribution in [0.1, 0.15) is 29.7 Å². The van der Waals surface area contributed by atoms with Crippen LogP contribution in [-0.4, -0.2) is 75.1 Å². The van der Waals surface area contributed by atoms with E-state index in [9.17, 15) is 23.9 Å². The molecule has 3 atom stereocenters. The van der Waals surface area contributed by atoms with Gasteiger partial charge in [-0.1, -0.05) is 54.6 Å². The van der Waals surface area contributed by atoms with Crippen LogP contribution in [0.15, 0.2) is 78.9 Å². The lowest BCUT2D eigenvalue weighted by Crippen LogP contribution is -2.76. The molecule has 9 nitrogen and oxygen atoms in total. The maximum Gasteiger partial charge on any atom is 0.334 e. The summed E-state index contributed by atoms with van der Waals surface area (Å²) in [5.41, 5.74) is 2.43. The zero-order chi connectivity index (χ0) is 28.4. The van der Waals surface area contributed by atoms with Gasteiger partial charge in [0.1, 0.15) is 23.8 Å². The first-order valence-electron chi connectivity index (χ1n) is 13.2. The number of benzene rings is 3. The fraction of sp³-hybridized carbons (Fsp3) is 0.300. The number of hydrogen-bond acceptors (Lipinski definition) is 5. The van der Waals surface area contributed by atoms with Gasteiger partial charge in [-0.2, -0.15) is 0 Å². The third-order valence-electron chi connectivity index (χ3n) is 7.57. The van der Waals surface area contributed by atoms with Gasteiger partial charge in [0.2, 0.25) is 11.8 Å². The van der Waals surface area contributed by atoms with E-state index in [0.29, 0.717) is 6.54 Å². The number of amides is 4. The number of urea groups is 1. The predicted octanol–water partition coefficient (Wildman–Crippen LogP) is 3.27. The summed E-state index contributed by atoms with van der Waals surface area (Å²) in [4.78, 5) is 44.2. The average molecular weight is 546 g/mol. The molecule has 2 N–H and O–H groups in total. The van der Waals surface area contributed by atoms with Gasteiger partial charge < -0.3 is 20.2 Å². The van der Waals surface area contributed by atoms with Crippen LogP contribution in [0.5, 0.6) is 5.75 Å². The summed E-state index contributed by atoms with van der Waals surface area (Å²) in [6.07, 6.45) is -0.554. The average Bonchev–Trinajstić information content (AvgIpc) is 2.95. The summed E-state index contributed by atoms with van der Waals surface area (Å²) < 4.78 is 13.6. The molecule has 4 amide bonds. The SMILES string of the molecule is CC(c1ccc(F)cc1)N1C[C@H]2N(C(=O)CN(C)N2C(=O)NCc2ccccc2)[C@@H](Cc2ccc(O)cc2)C1=O. The number of likely N-dealkylation sites (N-methyl/N-ethyl adjacent to an activating group) is 1. The standard InChI is InChI=1S/C30H32FN5O4/c1-20(23-10-12-24(31)13-11-23)34-18-27-35(26(29(34)39)16-21-8-14-25(37)15-9-21)28(38)19-33(2)36(27)30(40)32-17-22-6-4-3-5-7-22/h3-15,20,26-27,37H,16-19H2,1-2H3,(H,32,40)/t20?,26-,27-/m0/s1. The predicted molar refractivity (Wildman–Crippen MR) is 146 cm³/mol. The molecule has 2 aliphatic rings. The highest BCUT2D eigenvalue weighted by Crippen LogP contribution is 2.32. The number of halogens is 1. The highest BCUT2D eigenvalue weighted by molar-refractivity contribution is 5.92. The van der Waals surface area contributed by atoms with Crippen LogP contribution in [0.2, 0.25) is 0 Å². The number of phenolic OH excluding ortho intramolecular Hbond substituents is 1. The molecule has 5 rings (SSSR count). The number of carbonyl (C=O) groups is 3. The lowest BCUT2D eigenvalue weighted by Gasteiger charge is -2.55. The topological polar surface area (TPSA) is 96.4 Å². The molecule has 10 heteroatoms. The Morgan fingerprint density at radius 1 is 1.00 bits per heavy atom. The van der Waals surface area contributed by atoms with Crippen LogP contribution < -0.4 is 5.32 Å². The van der Waals surface area contributed by atoms with Crippen molar-refractivity contribution < 1.29 is 23.9 Å². The third-order valence-corrected chi connectivity index (χ3v) is 7.57. The van der Waals surface area contributed by atoms with Gasteiger partial charge in [0.25, 0.3) is 0 Å². The molecule has 0 radical (unpaired) electrons. The van der Waals surface area contributed by atoms with E-state index in [0.717, 1.165) is 16.7 Å². The second kappa shape index (κ2) is 11.4.